The van der Waals surface area contributed by atoms with Crippen molar-refractivity contribution in [2.45, 2.75) is 13.0 Å². The Hall–Kier alpha value is -2.46. The molecule has 5 heteroatoms. The van der Waals surface area contributed by atoms with E-state index in [2.05, 4.69) is 17.2 Å². The van der Waals surface area contributed by atoms with E-state index in [0.29, 0.717) is 31.1 Å². The minimum atomic E-state index is 0.00492. The van der Waals surface area contributed by atoms with E-state index in [0.717, 1.165) is 17.0 Å². The molecule has 0 radical (unpaired) electrons. The second kappa shape index (κ2) is 9.63. The summed E-state index contributed by atoms with van der Waals surface area (Å²) in [5.74, 6) is 0.796. The van der Waals surface area contributed by atoms with Gasteiger partial charge in [0.2, 0.25) is 5.91 Å². The lowest BCUT2D eigenvalue weighted by Crippen LogP contribution is -2.25. The largest absolute Gasteiger partial charge is 0.489 e. The third-order valence-corrected chi connectivity index (χ3v) is 3.55. The Balaban J connectivity index is 1.73. The van der Waals surface area contributed by atoms with Crippen LogP contribution in [-0.4, -0.2) is 19.0 Å². The summed E-state index contributed by atoms with van der Waals surface area (Å²) in [6.45, 7) is 5.13. The molecule has 0 spiro atoms. The maximum atomic E-state index is 11.5. The van der Waals surface area contributed by atoms with Crippen LogP contribution in [0.1, 0.15) is 12.0 Å². The first-order chi connectivity index (χ1) is 11.7. The number of amides is 1. The number of nitrogens with one attached hydrogen (secondary N) is 2. The van der Waals surface area contributed by atoms with Crippen molar-refractivity contribution in [1.29, 1.82) is 0 Å². The first-order valence-corrected chi connectivity index (χ1v) is 8.14. The molecule has 0 aliphatic carbocycles. The van der Waals surface area contributed by atoms with Gasteiger partial charge in [-0.3, -0.25) is 4.79 Å². The van der Waals surface area contributed by atoms with Gasteiger partial charge in [0.05, 0.1) is 0 Å². The summed E-state index contributed by atoms with van der Waals surface area (Å²) in [7, 11) is 0. The number of carbonyl (C=O) groups excluding carboxylic acids is 1. The maximum Gasteiger partial charge on any atom is 0.222 e. The van der Waals surface area contributed by atoms with Gasteiger partial charge in [-0.05, 0) is 42.0 Å². The lowest BCUT2D eigenvalue weighted by molar-refractivity contribution is -0.120. The molecule has 0 fully saturated rings. The molecule has 2 rings (SSSR count). The van der Waals surface area contributed by atoms with E-state index >= 15 is 0 Å². The zero-order chi connectivity index (χ0) is 17.2. The first kappa shape index (κ1) is 17.9. The monoisotopic (exact) mass is 344 g/mol. The number of hydrogen-bond donors (Lipinski definition) is 2. The van der Waals surface area contributed by atoms with Crippen molar-refractivity contribution >= 4 is 23.2 Å². The van der Waals surface area contributed by atoms with Gasteiger partial charge in [-0.1, -0.05) is 29.8 Å². The molecule has 0 bridgehead atoms. The second-order valence-corrected chi connectivity index (χ2v) is 5.65. The molecule has 24 heavy (non-hydrogen) atoms. The molecule has 4 nitrogen and oxygen atoms in total. The van der Waals surface area contributed by atoms with Crippen LogP contribution in [-0.2, 0) is 11.4 Å². The molecule has 0 heterocycles. The predicted octanol–water partition coefficient (Wildman–Crippen LogP) is 4.02. The number of ether oxygens (including phenoxy) is 1. The van der Waals surface area contributed by atoms with Crippen LogP contribution >= 0.6 is 11.6 Å². The van der Waals surface area contributed by atoms with Gasteiger partial charge in [-0.25, -0.2) is 0 Å². The van der Waals surface area contributed by atoms with Crippen molar-refractivity contribution in [2.75, 3.05) is 18.4 Å². The average molecular weight is 345 g/mol. The molecule has 0 saturated heterocycles. The molecule has 0 atom stereocenters. The molecule has 2 aromatic rings. The third kappa shape index (κ3) is 6.34. The van der Waals surface area contributed by atoms with Crippen LogP contribution < -0.4 is 15.4 Å². The third-order valence-electron chi connectivity index (χ3n) is 3.30. The van der Waals surface area contributed by atoms with Crippen LogP contribution in [0, 0.1) is 0 Å². The Morgan fingerprint density at radius 2 is 1.83 bits per heavy atom. The second-order valence-electron chi connectivity index (χ2n) is 5.21. The average Bonchev–Trinajstić information content (AvgIpc) is 2.60. The molecule has 1 amide bonds. The van der Waals surface area contributed by atoms with E-state index in [9.17, 15) is 4.79 Å². The normalized spacial score (nSPS) is 10.0. The van der Waals surface area contributed by atoms with E-state index in [-0.39, 0.29) is 5.91 Å². The Bertz CT molecular complexity index is 654. The van der Waals surface area contributed by atoms with Crippen LogP contribution in [0.3, 0.4) is 0 Å². The lowest BCUT2D eigenvalue weighted by atomic mass is 10.2. The van der Waals surface area contributed by atoms with E-state index in [4.69, 9.17) is 16.3 Å². The number of rotatable bonds is 9. The van der Waals surface area contributed by atoms with Gasteiger partial charge in [0.25, 0.3) is 0 Å². The molecule has 0 saturated carbocycles. The van der Waals surface area contributed by atoms with Crippen molar-refractivity contribution in [3.05, 3.63) is 71.8 Å². The molecule has 126 valence electrons. The molecule has 2 aromatic carbocycles. The number of benzene rings is 2. The summed E-state index contributed by atoms with van der Waals surface area (Å²) in [4.78, 5) is 11.5. The molecule has 2 N–H and O–H groups in total. The molecular formula is C19H21ClN2O2. The number of carbonyl (C=O) groups is 1. The molecule has 0 aliphatic heterocycles. The molecule has 0 unspecified atom stereocenters. The summed E-state index contributed by atoms with van der Waals surface area (Å²) in [5, 5.41) is 6.66. The van der Waals surface area contributed by atoms with Crippen LogP contribution in [0.2, 0.25) is 5.02 Å². The molecular weight excluding hydrogens is 324 g/mol. The van der Waals surface area contributed by atoms with Gasteiger partial charge in [0, 0.05) is 30.2 Å². The van der Waals surface area contributed by atoms with E-state index in [1.165, 1.54) is 0 Å². The standard InChI is InChI=1S/C19H21ClN2O2/c1-2-12-22-19(23)11-13-21-17-7-9-18(10-8-17)24-14-15-3-5-16(20)6-4-15/h2-10,21H,1,11-14H2,(H,22,23). The highest BCUT2D eigenvalue weighted by atomic mass is 35.5. The molecule has 0 aromatic heterocycles. The quantitative estimate of drug-likeness (QED) is 0.675. The van der Waals surface area contributed by atoms with Crippen LogP contribution in [0.15, 0.2) is 61.2 Å². The van der Waals surface area contributed by atoms with Crippen molar-refractivity contribution in [1.82, 2.24) is 5.32 Å². The van der Waals surface area contributed by atoms with Crippen LogP contribution in [0.4, 0.5) is 5.69 Å². The highest BCUT2D eigenvalue weighted by Gasteiger charge is 2.00. The van der Waals surface area contributed by atoms with Gasteiger partial charge in [0.15, 0.2) is 0 Å². The van der Waals surface area contributed by atoms with Gasteiger partial charge < -0.3 is 15.4 Å². The Kier molecular flexibility index (Phi) is 7.18. The number of anilines is 1. The summed E-state index contributed by atoms with van der Waals surface area (Å²) in [5.41, 5.74) is 2.01. The summed E-state index contributed by atoms with van der Waals surface area (Å²) in [6.07, 6.45) is 2.08. The SMILES string of the molecule is C=CCNC(=O)CCNc1ccc(OCc2ccc(Cl)cc2)cc1. The Morgan fingerprint density at radius 1 is 1.12 bits per heavy atom. The van der Waals surface area contributed by atoms with Crippen molar-refractivity contribution < 1.29 is 9.53 Å². The van der Waals surface area contributed by atoms with Crippen molar-refractivity contribution in [2.24, 2.45) is 0 Å². The predicted molar refractivity (Wildman–Crippen MR) is 98.5 cm³/mol. The van der Waals surface area contributed by atoms with Gasteiger partial charge in [-0.2, -0.15) is 0 Å². The Labute approximate surface area is 147 Å². The highest BCUT2D eigenvalue weighted by molar-refractivity contribution is 6.30. The van der Waals surface area contributed by atoms with Gasteiger partial charge >= 0.3 is 0 Å². The van der Waals surface area contributed by atoms with Crippen LogP contribution in [0.25, 0.3) is 0 Å². The summed E-state index contributed by atoms with van der Waals surface area (Å²) < 4.78 is 5.73. The fraction of sp³-hybridized carbons (Fsp3) is 0.211. The van der Waals surface area contributed by atoms with Gasteiger partial charge in [-0.15, -0.1) is 6.58 Å². The smallest absolute Gasteiger partial charge is 0.222 e. The minimum Gasteiger partial charge on any atom is -0.489 e. The Morgan fingerprint density at radius 3 is 2.50 bits per heavy atom. The maximum absolute atomic E-state index is 11.5. The number of hydrogen-bond acceptors (Lipinski definition) is 3. The van der Waals surface area contributed by atoms with Gasteiger partial charge in [0.1, 0.15) is 12.4 Å². The zero-order valence-electron chi connectivity index (χ0n) is 13.4. The van der Waals surface area contributed by atoms with E-state index < -0.39 is 0 Å². The molecule has 0 aliphatic rings. The van der Waals surface area contributed by atoms with Crippen LogP contribution in [0.5, 0.6) is 5.75 Å². The van der Waals surface area contributed by atoms with E-state index in [1.54, 1.807) is 6.08 Å². The highest BCUT2D eigenvalue weighted by Crippen LogP contribution is 2.17. The van der Waals surface area contributed by atoms with Crippen molar-refractivity contribution in [3.8, 4) is 5.75 Å². The minimum absolute atomic E-state index is 0.00492. The fourth-order valence-electron chi connectivity index (χ4n) is 2.01. The fourth-order valence-corrected chi connectivity index (χ4v) is 2.14. The first-order valence-electron chi connectivity index (χ1n) is 7.76. The lowest BCUT2D eigenvalue weighted by Gasteiger charge is -2.09. The summed E-state index contributed by atoms with van der Waals surface area (Å²) >= 11 is 5.86. The summed E-state index contributed by atoms with van der Waals surface area (Å²) in [6, 6.07) is 15.2. The number of halogens is 1. The zero-order valence-corrected chi connectivity index (χ0v) is 14.2. The van der Waals surface area contributed by atoms with Crippen molar-refractivity contribution in [3.63, 3.8) is 0 Å². The topological polar surface area (TPSA) is 50.4 Å². The van der Waals surface area contributed by atoms with E-state index in [1.807, 2.05) is 48.5 Å².